The molecule has 0 amide bonds. The van der Waals surface area contributed by atoms with Gasteiger partial charge in [0, 0.05) is 18.0 Å². The molecule has 33 heavy (non-hydrogen) atoms. The molecule has 1 aliphatic rings. The largest absolute Gasteiger partial charge is 0.310 e. The van der Waals surface area contributed by atoms with Gasteiger partial charge in [-0.1, -0.05) is 48.4 Å². The van der Waals surface area contributed by atoms with Crippen molar-refractivity contribution >= 4 is 34.6 Å². The Morgan fingerprint density at radius 3 is 2.61 bits per heavy atom. The summed E-state index contributed by atoms with van der Waals surface area (Å²) in [4.78, 5) is 13.5. The predicted molar refractivity (Wildman–Crippen MR) is 130 cm³/mol. The quantitative estimate of drug-likeness (QED) is 0.457. The number of para-hydroxylation sites is 1. The van der Waals surface area contributed by atoms with Crippen LogP contribution >= 0.6 is 22.9 Å². The summed E-state index contributed by atoms with van der Waals surface area (Å²) in [5.41, 5.74) is 1.74. The zero-order valence-electron chi connectivity index (χ0n) is 17.7. The summed E-state index contributed by atoms with van der Waals surface area (Å²) in [5.74, 6) is 1.42. The number of rotatable bonds is 3. The molecule has 0 saturated carbocycles. The van der Waals surface area contributed by atoms with E-state index in [2.05, 4.69) is 16.3 Å². The topological polar surface area (TPSA) is 76.5 Å². The van der Waals surface area contributed by atoms with E-state index in [1.165, 1.54) is 11.3 Å². The van der Waals surface area contributed by atoms with Gasteiger partial charge in [-0.05, 0) is 48.7 Å². The van der Waals surface area contributed by atoms with Crippen molar-refractivity contribution in [3.05, 3.63) is 96.4 Å². The van der Waals surface area contributed by atoms with Crippen LogP contribution in [0.3, 0.4) is 0 Å². The number of halogens is 1. The Kier molecular flexibility index (Phi) is 5.95. The maximum absolute atomic E-state index is 13.5. The molecule has 2 aromatic heterocycles. The highest BCUT2D eigenvalue weighted by Gasteiger charge is 2.21. The molecular formula is C25H20ClN5OS. The van der Waals surface area contributed by atoms with Crippen molar-refractivity contribution in [1.29, 1.82) is 5.26 Å². The standard InChI is InChI=1S/C25H20ClN5OS/c26-18-12-10-17(11-13-18)15-21-24(32)31(19-7-3-1-4-8-19)25(33-21)20(16-27)23-29-28-22-9-5-2-6-14-30(22)23/h1,3-4,7-8,10-13,15H,2,5-6,9,14H2/b21-15+,25-20-. The number of fused-ring (bicyclic) bond motifs is 1. The Labute approximate surface area is 199 Å². The summed E-state index contributed by atoms with van der Waals surface area (Å²) >= 11 is 7.30. The molecule has 8 heteroatoms. The first-order chi connectivity index (χ1) is 16.2. The predicted octanol–water partition coefficient (Wildman–Crippen LogP) is 3.42. The molecule has 0 aliphatic carbocycles. The van der Waals surface area contributed by atoms with Crippen LogP contribution < -0.4 is 14.8 Å². The molecular weight excluding hydrogens is 454 g/mol. The first kappa shape index (κ1) is 21.4. The Bertz CT molecular complexity index is 1520. The highest BCUT2D eigenvalue weighted by Crippen LogP contribution is 2.18. The highest BCUT2D eigenvalue weighted by atomic mass is 35.5. The molecule has 164 valence electrons. The molecule has 0 unspecified atom stereocenters. The Hall–Kier alpha value is -3.47. The van der Waals surface area contributed by atoms with Gasteiger partial charge < -0.3 is 4.57 Å². The molecule has 3 heterocycles. The summed E-state index contributed by atoms with van der Waals surface area (Å²) in [6.07, 6.45) is 5.87. The number of nitriles is 1. The van der Waals surface area contributed by atoms with Gasteiger partial charge in [0.25, 0.3) is 5.56 Å². The van der Waals surface area contributed by atoms with Crippen LogP contribution in [0.25, 0.3) is 17.3 Å². The van der Waals surface area contributed by atoms with Gasteiger partial charge in [0.2, 0.25) is 0 Å². The van der Waals surface area contributed by atoms with E-state index in [9.17, 15) is 10.1 Å². The molecule has 6 nitrogen and oxygen atoms in total. The van der Waals surface area contributed by atoms with Crippen LogP contribution in [-0.2, 0) is 13.0 Å². The lowest BCUT2D eigenvalue weighted by atomic mass is 10.2. The van der Waals surface area contributed by atoms with Gasteiger partial charge in [0.1, 0.15) is 22.1 Å². The van der Waals surface area contributed by atoms with Gasteiger partial charge in [-0.25, -0.2) is 0 Å². The summed E-state index contributed by atoms with van der Waals surface area (Å²) in [6, 6.07) is 19.0. The number of hydrogen-bond donors (Lipinski definition) is 0. The number of aryl methyl sites for hydroxylation is 1. The summed E-state index contributed by atoms with van der Waals surface area (Å²) in [7, 11) is 0. The summed E-state index contributed by atoms with van der Waals surface area (Å²) < 4.78 is 4.71. The van der Waals surface area contributed by atoms with Crippen molar-refractivity contribution in [2.24, 2.45) is 0 Å². The van der Waals surface area contributed by atoms with Gasteiger partial charge in [-0.3, -0.25) is 9.36 Å². The fourth-order valence-electron chi connectivity index (χ4n) is 4.04. The maximum Gasteiger partial charge on any atom is 0.273 e. The Balaban J connectivity index is 1.82. The number of aromatic nitrogens is 4. The molecule has 1 aliphatic heterocycles. The van der Waals surface area contributed by atoms with Crippen LogP contribution in [0.5, 0.6) is 0 Å². The molecule has 0 radical (unpaired) electrons. The van der Waals surface area contributed by atoms with Gasteiger partial charge in [0.15, 0.2) is 5.82 Å². The van der Waals surface area contributed by atoms with E-state index >= 15 is 0 Å². The molecule has 2 aromatic carbocycles. The third-order valence-corrected chi connectivity index (χ3v) is 7.01. The van der Waals surface area contributed by atoms with Crippen LogP contribution in [-0.4, -0.2) is 19.3 Å². The van der Waals surface area contributed by atoms with Crippen LogP contribution in [0, 0.1) is 11.3 Å². The number of thiazole rings is 1. The second-order valence-corrected chi connectivity index (χ2v) is 9.30. The highest BCUT2D eigenvalue weighted by molar-refractivity contribution is 7.07. The fourth-order valence-corrected chi connectivity index (χ4v) is 5.26. The van der Waals surface area contributed by atoms with Crippen LogP contribution in [0.4, 0.5) is 0 Å². The van der Waals surface area contributed by atoms with Crippen molar-refractivity contribution in [3.63, 3.8) is 0 Å². The third kappa shape index (κ3) is 4.15. The fraction of sp³-hybridized carbons (Fsp3) is 0.200. The number of hydrogen-bond acceptors (Lipinski definition) is 5. The zero-order valence-corrected chi connectivity index (χ0v) is 19.3. The van der Waals surface area contributed by atoms with E-state index in [1.807, 2.05) is 53.1 Å². The van der Waals surface area contributed by atoms with E-state index in [4.69, 9.17) is 11.6 Å². The van der Waals surface area contributed by atoms with Crippen molar-refractivity contribution in [2.45, 2.75) is 32.2 Å². The smallest absolute Gasteiger partial charge is 0.273 e. The van der Waals surface area contributed by atoms with Crippen LogP contribution in [0.2, 0.25) is 5.02 Å². The minimum atomic E-state index is -0.181. The molecule has 0 spiro atoms. The lowest BCUT2D eigenvalue weighted by molar-refractivity contribution is 0.627. The van der Waals surface area contributed by atoms with E-state index in [0.717, 1.165) is 43.6 Å². The molecule has 5 rings (SSSR count). The average molecular weight is 474 g/mol. The molecule has 0 fully saturated rings. The van der Waals surface area contributed by atoms with E-state index < -0.39 is 0 Å². The van der Waals surface area contributed by atoms with Crippen molar-refractivity contribution in [3.8, 4) is 11.8 Å². The molecule has 0 atom stereocenters. The molecule has 0 bridgehead atoms. The zero-order chi connectivity index (χ0) is 22.8. The first-order valence-corrected chi connectivity index (χ1v) is 12.0. The van der Waals surface area contributed by atoms with Gasteiger partial charge in [-0.2, -0.15) is 5.26 Å². The van der Waals surface area contributed by atoms with Crippen molar-refractivity contribution < 1.29 is 0 Å². The van der Waals surface area contributed by atoms with E-state index in [0.29, 0.717) is 31.3 Å². The van der Waals surface area contributed by atoms with Crippen LogP contribution in [0.15, 0.2) is 59.4 Å². The maximum atomic E-state index is 13.5. The van der Waals surface area contributed by atoms with Gasteiger partial charge in [0.05, 0.1) is 10.2 Å². The summed E-state index contributed by atoms with van der Waals surface area (Å²) in [6.45, 7) is 0.771. The molecule has 4 aromatic rings. The Morgan fingerprint density at radius 2 is 1.85 bits per heavy atom. The van der Waals surface area contributed by atoms with Gasteiger partial charge >= 0.3 is 0 Å². The van der Waals surface area contributed by atoms with E-state index in [1.54, 1.807) is 16.7 Å². The lowest BCUT2D eigenvalue weighted by Crippen LogP contribution is -2.31. The van der Waals surface area contributed by atoms with Gasteiger partial charge in [-0.15, -0.1) is 21.5 Å². The number of benzene rings is 2. The normalized spacial score (nSPS) is 15.0. The van der Waals surface area contributed by atoms with E-state index in [-0.39, 0.29) is 5.56 Å². The molecule has 0 saturated heterocycles. The first-order valence-electron chi connectivity index (χ1n) is 10.8. The molecule has 0 N–H and O–H groups in total. The average Bonchev–Trinajstić information content (AvgIpc) is 3.27. The third-order valence-electron chi connectivity index (χ3n) is 5.66. The van der Waals surface area contributed by atoms with Crippen molar-refractivity contribution in [2.75, 3.05) is 0 Å². The Morgan fingerprint density at radius 1 is 1.06 bits per heavy atom. The minimum Gasteiger partial charge on any atom is -0.310 e. The number of nitrogens with zero attached hydrogens (tertiary/aromatic N) is 5. The SMILES string of the molecule is N#C/C(c1nnc2n1CCCCC2)=c1/s/c(=C/c2ccc(Cl)cc2)c(=O)n1-c1ccccc1. The minimum absolute atomic E-state index is 0.181. The van der Waals surface area contributed by atoms with Crippen molar-refractivity contribution in [1.82, 2.24) is 19.3 Å². The second kappa shape index (κ2) is 9.18. The second-order valence-electron chi connectivity index (χ2n) is 7.83. The monoisotopic (exact) mass is 473 g/mol. The van der Waals surface area contributed by atoms with Crippen LogP contribution in [0.1, 0.15) is 36.5 Å². The lowest BCUT2D eigenvalue weighted by Gasteiger charge is -2.07. The summed E-state index contributed by atoms with van der Waals surface area (Å²) in [5, 5.41) is 19.6.